The summed E-state index contributed by atoms with van der Waals surface area (Å²) in [5.74, 6) is 0. The molecule has 3 heteroatoms. The Labute approximate surface area is 65.7 Å². The Kier molecular flexibility index (Phi) is 3.15. The third kappa shape index (κ3) is 2.82. The molecule has 0 atom stereocenters. The summed E-state index contributed by atoms with van der Waals surface area (Å²) in [6.45, 7) is 3.98. The van der Waals surface area contributed by atoms with Gasteiger partial charge in [-0.15, -0.1) is 0 Å². The molecule has 0 spiro atoms. The monoisotopic (exact) mass is 150 g/mol. The van der Waals surface area contributed by atoms with Crippen molar-refractivity contribution in [1.29, 1.82) is 0 Å². The number of rotatable bonds is 4. The van der Waals surface area contributed by atoms with E-state index in [1.54, 1.807) is 6.20 Å². The third-order valence-corrected chi connectivity index (χ3v) is 1.15. The normalized spacial score (nSPS) is 9.09. The molecule has 1 N–H and O–H groups in total. The molecule has 0 aliphatic rings. The second-order valence-corrected chi connectivity index (χ2v) is 1.93. The number of hydrogen-bond donors (Lipinski definition) is 1. The van der Waals surface area contributed by atoms with E-state index >= 15 is 0 Å². The highest BCUT2D eigenvalue weighted by molar-refractivity contribution is 5.02. The lowest BCUT2D eigenvalue weighted by Gasteiger charge is -2.00. The highest BCUT2D eigenvalue weighted by Gasteiger charge is 1.88. The SMILES string of the molecule is C=CONCc1ccccn1. The molecule has 0 unspecified atom stereocenters. The molecule has 0 saturated carbocycles. The lowest BCUT2D eigenvalue weighted by molar-refractivity contribution is 0.129. The standard InChI is InChI=1S/C8H10N2O/c1-2-11-10-7-8-5-3-4-6-9-8/h2-6,10H,1,7H2. The summed E-state index contributed by atoms with van der Waals surface area (Å²) in [5, 5.41) is 0. The predicted molar refractivity (Wildman–Crippen MR) is 42.4 cm³/mol. The number of hydrogen-bond acceptors (Lipinski definition) is 3. The molecule has 0 saturated heterocycles. The fraction of sp³-hybridized carbons (Fsp3) is 0.125. The van der Waals surface area contributed by atoms with Gasteiger partial charge >= 0.3 is 0 Å². The number of nitrogens with one attached hydrogen (secondary N) is 1. The van der Waals surface area contributed by atoms with Gasteiger partial charge in [0.25, 0.3) is 0 Å². The molecule has 0 fully saturated rings. The number of nitrogens with zero attached hydrogens (tertiary/aromatic N) is 1. The average Bonchev–Trinajstić information content (AvgIpc) is 2.07. The summed E-state index contributed by atoms with van der Waals surface area (Å²) in [7, 11) is 0. The van der Waals surface area contributed by atoms with Gasteiger partial charge in [0.1, 0.15) is 6.26 Å². The molecule has 0 aromatic carbocycles. The van der Waals surface area contributed by atoms with Crippen LogP contribution in [0.5, 0.6) is 0 Å². The van der Waals surface area contributed by atoms with Crippen LogP contribution in [0, 0.1) is 0 Å². The van der Waals surface area contributed by atoms with E-state index in [1.165, 1.54) is 6.26 Å². The molecule has 11 heavy (non-hydrogen) atoms. The van der Waals surface area contributed by atoms with E-state index in [4.69, 9.17) is 4.84 Å². The van der Waals surface area contributed by atoms with Crippen molar-refractivity contribution in [3.63, 3.8) is 0 Å². The van der Waals surface area contributed by atoms with Gasteiger partial charge in [-0.3, -0.25) is 4.98 Å². The highest BCUT2D eigenvalue weighted by Crippen LogP contribution is 1.91. The van der Waals surface area contributed by atoms with E-state index in [-0.39, 0.29) is 0 Å². The quantitative estimate of drug-likeness (QED) is 0.398. The molecule has 0 aliphatic carbocycles. The molecule has 0 aliphatic heterocycles. The number of hydroxylamine groups is 1. The van der Waals surface area contributed by atoms with Crippen LogP contribution in [0.2, 0.25) is 0 Å². The van der Waals surface area contributed by atoms with E-state index in [9.17, 15) is 0 Å². The van der Waals surface area contributed by atoms with Crippen molar-refractivity contribution < 1.29 is 4.84 Å². The second kappa shape index (κ2) is 4.46. The van der Waals surface area contributed by atoms with Gasteiger partial charge in [0.05, 0.1) is 12.2 Å². The van der Waals surface area contributed by atoms with Crippen molar-refractivity contribution in [3.05, 3.63) is 42.9 Å². The van der Waals surface area contributed by atoms with Crippen molar-refractivity contribution in [2.75, 3.05) is 0 Å². The molecule has 1 heterocycles. The van der Waals surface area contributed by atoms with Crippen LogP contribution in [0.1, 0.15) is 5.69 Å². The third-order valence-electron chi connectivity index (χ3n) is 1.15. The summed E-state index contributed by atoms with van der Waals surface area (Å²) < 4.78 is 0. The first-order valence-electron chi connectivity index (χ1n) is 3.33. The van der Waals surface area contributed by atoms with Crippen LogP contribution in [0.15, 0.2) is 37.2 Å². The van der Waals surface area contributed by atoms with Gasteiger partial charge in [0.2, 0.25) is 0 Å². The van der Waals surface area contributed by atoms with Crippen LogP contribution < -0.4 is 5.48 Å². The summed E-state index contributed by atoms with van der Waals surface area (Å²) in [6.07, 6.45) is 3.08. The zero-order valence-electron chi connectivity index (χ0n) is 6.16. The van der Waals surface area contributed by atoms with Gasteiger partial charge in [0, 0.05) is 6.20 Å². The number of aromatic nitrogens is 1. The number of pyridine rings is 1. The van der Waals surface area contributed by atoms with Crippen molar-refractivity contribution in [2.24, 2.45) is 0 Å². The Morgan fingerprint density at radius 1 is 1.64 bits per heavy atom. The molecule has 0 radical (unpaired) electrons. The minimum Gasteiger partial charge on any atom is -0.417 e. The predicted octanol–water partition coefficient (Wildman–Crippen LogP) is 1.25. The van der Waals surface area contributed by atoms with Crippen LogP contribution in [0.3, 0.4) is 0 Å². The Bertz CT molecular complexity index is 211. The van der Waals surface area contributed by atoms with Crippen molar-refractivity contribution in [3.8, 4) is 0 Å². The van der Waals surface area contributed by atoms with Crippen molar-refractivity contribution in [2.45, 2.75) is 6.54 Å². The second-order valence-electron chi connectivity index (χ2n) is 1.93. The smallest absolute Gasteiger partial charge is 0.104 e. The maximum absolute atomic E-state index is 4.71. The zero-order valence-corrected chi connectivity index (χ0v) is 6.16. The molecule has 0 bridgehead atoms. The molecule has 58 valence electrons. The topological polar surface area (TPSA) is 34.1 Å². The van der Waals surface area contributed by atoms with Gasteiger partial charge in [-0.1, -0.05) is 12.6 Å². The lowest BCUT2D eigenvalue weighted by Crippen LogP contribution is -2.10. The molecule has 1 aromatic rings. The van der Waals surface area contributed by atoms with E-state index < -0.39 is 0 Å². The van der Waals surface area contributed by atoms with E-state index in [1.807, 2.05) is 18.2 Å². The molecular formula is C8H10N2O. The summed E-state index contributed by atoms with van der Waals surface area (Å²) >= 11 is 0. The van der Waals surface area contributed by atoms with Crippen LogP contribution >= 0.6 is 0 Å². The van der Waals surface area contributed by atoms with Gasteiger partial charge < -0.3 is 4.84 Å². The first-order chi connectivity index (χ1) is 5.43. The Morgan fingerprint density at radius 2 is 2.55 bits per heavy atom. The van der Waals surface area contributed by atoms with Crippen LogP contribution in [-0.2, 0) is 11.4 Å². The van der Waals surface area contributed by atoms with E-state index in [0.717, 1.165) is 5.69 Å². The van der Waals surface area contributed by atoms with Gasteiger partial charge in [-0.05, 0) is 12.1 Å². The zero-order chi connectivity index (χ0) is 7.94. The minimum absolute atomic E-state index is 0.590. The fourth-order valence-electron chi connectivity index (χ4n) is 0.677. The van der Waals surface area contributed by atoms with Crippen LogP contribution in [0.25, 0.3) is 0 Å². The molecular weight excluding hydrogens is 140 g/mol. The van der Waals surface area contributed by atoms with Gasteiger partial charge in [-0.2, -0.15) is 5.48 Å². The first-order valence-corrected chi connectivity index (χ1v) is 3.33. The maximum atomic E-state index is 4.71. The van der Waals surface area contributed by atoms with Crippen LogP contribution in [0.4, 0.5) is 0 Å². The summed E-state index contributed by atoms with van der Waals surface area (Å²) in [6, 6.07) is 5.72. The average molecular weight is 150 g/mol. The largest absolute Gasteiger partial charge is 0.417 e. The molecule has 3 nitrogen and oxygen atoms in total. The highest BCUT2D eigenvalue weighted by atomic mass is 16.6. The Hall–Kier alpha value is -1.35. The van der Waals surface area contributed by atoms with E-state index in [0.29, 0.717) is 6.54 Å². The first kappa shape index (κ1) is 7.75. The van der Waals surface area contributed by atoms with Crippen molar-refractivity contribution >= 4 is 0 Å². The summed E-state index contributed by atoms with van der Waals surface area (Å²) in [5.41, 5.74) is 3.61. The van der Waals surface area contributed by atoms with Crippen molar-refractivity contribution in [1.82, 2.24) is 10.5 Å². The maximum Gasteiger partial charge on any atom is 0.104 e. The molecule has 1 aromatic heterocycles. The van der Waals surface area contributed by atoms with Crippen LogP contribution in [-0.4, -0.2) is 4.98 Å². The Balaban J connectivity index is 2.33. The van der Waals surface area contributed by atoms with E-state index in [2.05, 4.69) is 17.0 Å². The molecule has 0 amide bonds. The van der Waals surface area contributed by atoms with Gasteiger partial charge in [-0.25, -0.2) is 0 Å². The fourth-order valence-corrected chi connectivity index (χ4v) is 0.677. The van der Waals surface area contributed by atoms with Gasteiger partial charge in [0.15, 0.2) is 0 Å². The lowest BCUT2D eigenvalue weighted by atomic mass is 10.4. The summed E-state index contributed by atoms with van der Waals surface area (Å²) in [4.78, 5) is 8.79. The Morgan fingerprint density at radius 3 is 3.18 bits per heavy atom. The molecule has 1 rings (SSSR count). The minimum atomic E-state index is 0.590.